The molecule has 0 aromatic heterocycles. The molecule has 0 saturated carbocycles. The molecule has 0 radical (unpaired) electrons. The highest BCUT2D eigenvalue weighted by Gasteiger charge is 2.14. The molecule has 0 aromatic carbocycles. The zero-order chi connectivity index (χ0) is 9.45. The second-order valence-electron chi connectivity index (χ2n) is 3.32. The van der Waals surface area contributed by atoms with Crippen LogP contribution in [0.15, 0.2) is 12.2 Å². The monoisotopic (exact) mass is 191 g/mol. The lowest BCUT2D eigenvalue weighted by Gasteiger charge is -2.24. The van der Waals surface area contributed by atoms with Crippen molar-refractivity contribution in [2.75, 3.05) is 26.1 Å². The van der Waals surface area contributed by atoms with Crippen LogP contribution in [0.3, 0.4) is 0 Å². The van der Waals surface area contributed by atoms with Crippen LogP contribution in [0.1, 0.15) is 13.8 Å². The van der Waals surface area contributed by atoms with Gasteiger partial charge in [-0.05, 0) is 13.8 Å². The molecule has 0 aliphatic rings. The fraction of sp³-hybridized carbons (Fsp3) is 0.778. The van der Waals surface area contributed by atoms with E-state index in [0.29, 0.717) is 12.5 Å². The molecule has 0 rings (SSSR count). The molecular weight excluding hydrogens is 174 g/mol. The highest BCUT2D eigenvalue weighted by molar-refractivity contribution is 6.18. The zero-order valence-electron chi connectivity index (χ0n) is 8.06. The van der Waals surface area contributed by atoms with Crippen LogP contribution in [0.4, 0.5) is 0 Å². The average Bonchev–Trinajstić information content (AvgIpc) is 1.98. The summed E-state index contributed by atoms with van der Waals surface area (Å²) in [6.07, 6.45) is 3.95. The number of hydrogen-bond acceptors (Lipinski definition) is 2. The van der Waals surface area contributed by atoms with Crippen molar-refractivity contribution in [2.24, 2.45) is 0 Å². The first-order valence-electron chi connectivity index (χ1n) is 4.07. The van der Waals surface area contributed by atoms with Crippen LogP contribution >= 0.6 is 11.6 Å². The Morgan fingerprint density at radius 2 is 2.08 bits per heavy atom. The summed E-state index contributed by atoms with van der Waals surface area (Å²) in [4.78, 5) is 0. The summed E-state index contributed by atoms with van der Waals surface area (Å²) in [6, 6.07) is 0. The van der Waals surface area contributed by atoms with Crippen LogP contribution in [0.2, 0.25) is 0 Å². The number of ether oxygens (including phenoxy) is 1. The van der Waals surface area contributed by atoms with Gasteiger partial charge >= 0.3 is 0 Å². The molecule has 0 amide bonds. The Kier molecular flexibility index (Phi) is 6.44. The van der Waals surface area contributed by atoms with Gasteiger partial charge in [-0.2, -0.15) is 0 Å². The van der Waals surface area contributed by atoms with Gasteiger partial charge in [0.25, 0.3) is 0 Å². The first-order valence-corrected chi connectivity index (χ1v) is 4.61. The molecule has 0 aromatic rings. The molecule has 1 N–H and O–H groups in total. The molecule has 0 atom stereocenters. The summed E-state index contributed by atoms with van der Waals surface area (Å²) in [5.74, 6) is 0.576. The second kappa shape index (κ2) is 6.46. The predicted octanol–water partition coefficient (Wildman–Crippen LogP) is 1.80. The maximum absolute atomic E-state index is 5.47. The molecule has 0 bridgehead atoms. The number of nitrogens with one attached hydrogen (secondary N) is 1. The van der Waals surface area contributed by atoms with E-state index in [0.717, 1.165) is 6.54 Å². The minimum atomic E-state index is 0.0331. The zero-order valence-corrected chi connectivity index (χ0v) is 8.82. The van der Waals surface area contributed by atoms with Gasteiger partial charge in [0.05, 0.1) is 6.61 Å². The maximum Gasteiger partial charge on any atom is 0.0639 e. The molecule has 0 aliphatic carbocycles. The largest absolute Gasteiger partial charge is 0.383 e. The molecule has 72 valence electrons. The van der Waals surface area contributed by atoms with Crippen molar-refractivity contribution >= 4 is 11.6 Å². The number of methoxy groups -OCH3 is 1. The number of rotatable bonds is 6. The van der Waals surface area contributed by atoms with E-state index in [1.54, 1.807) is 7.11 Å². The minimum Gasteiger partial charge on any atom is -0.383 e. The van der Waals surface area contributed by atoms with Gasteiger partial charge in [-0.3, -0.25) is 0 Å². The Bertz CT molecular complexity index is 134. The fourth-order valence-electron chi connectivity index (χ4n) is 0.893. The number of alkyl halides is 1. The third-order valence-corrected chi connectivity index (χ3v) is 1.64. The summed E-state index contributed by atoms with van der Waals surface area (Å²) in [5, 5.41) is 3.32. The van der Waals surface area contributed by atoms with E-state index in [1.165, 1.54) is 0 Å². The lowest BCUT2D eigenvalue weighted by molar-refractivity contribution is 0.131. The molecule has 3 heteroatoms. The van der Waals surface area contributed by atoms with E-state index in [4.69, 9.17) is 16.3 Å². The highest BCUT2D eigenvalue weighted by Crippen LogP contribution is 2.00. The summed E-state index contributed by atoms with van der Waals surface area (Å²) >= 11 is 5.47. The Hall–Kier alpha value is -0.0500. The number of hydrogen-bond donors (Lipinski definition) is 1. The predicted molar refractivity (Wildman–Crippen MR) is 53.8 cm³/mol. The van der Waals surface area contributed by atoms with Gasteiger partial charge < -0.3 is 10.1 Å². The molecule has 0 unspecified atom stereocenters. The van der Waals surface area contributed by atoms with Crippen molar-refractivity contribution in [3.8, 4) is 0 Å². The third-order valence-electron chi connectivity index (χ3n) is 1.46. The average molecular weight is 192 g/mol. The lowest BCUT2D eigenvalue weighted by Crippen LogP contribution is -2.43. The summed E-state index contributed by atoms with van der Waals surface area (Å²) < 4.78 is 5.05. The van der Waals surface area contributed by atoms with Crippen LogP contribution in [0.25, 0.3) is 0 Å². The van der Waals surface area contributed by atoms with Crippen molar-refractivity contribution in [2.45, 2.75) is 19.4 Å². The molecule has 0 saturated heterocycles. The van der Waals surface area contributed by atoms with Gasteiger partial charge in [-0.1, -0.05) is 12.2 Å². The Balaban J connectivity index is 3.53. The van der Waals surface area contributed by atoms with Crippen LogP contribution in [-0.4, -0.2) is 31.7 Å². The Labute approximate surface area is 79.9 Å². The van der Waals surface area contributed by atoms with Crippen molar-refractivity contribution < 1.29 is 4.74 Å². The van der Waals surface area contributed by atoms with Gasteiger partial charge in [0.15, 0.2) is 0 Å². The minimum absolute atomic E-state index is 0.0331. The van der Waals surface area contributed by atoms with Gasteiger partial charge in [0.1, 0.15) is 0 Å². The molecule has 2 nitrogen and oxygen atoms in total. The lowest BCUT2D eigenvalue weighted by atomic mass is 10.1. The topological polar surface area (TPSA) is 21.3 Å². The maximum atomic E-state index is 5.47. The Morgan fingerprint density at radius 1 is 1.42 bits per heavy atom. The smallest absolute Gasteiger partial charge is 0.0639 e. The first-order chi connectivity index (χ1) is 5.62. The SMILES string of the molecule is COCC(C)(C)NC/C=C/CCl. The van der Waals surface area contributed by atoms with Crippen LogP contribution in [-0.2, 0) is 4.74 Å². The van der Waals surface area contributed by atoms with Crippen LogP contribution in [0.5, 0.6) is 0 Å². The van der Waals surface area contributed by atoms with Crippen molar-refractivity contribution in [3.63, 3.8) is 0 Å². The molecule has 0 spiro atoms. The normalized spacial score (nSPS) is 12.7. The van der Waals surface area contributed by atoms with E-state index in [-0.39, 0.29) is 5.54 Å². The number of halogens is 1. The van der Waals surface area contributed by atoms with Crippen molar-refractivity contribution in [1.29, 1.82) is 0 Å². The first kappa shape index (κ1) is 11.9. The van der Waals surface area contributed by atoms with Gasteiger partial charge in [-0.15, -0.1) is 11.6 Å². The fourth-order valence-corrected chi connectivity index (χ4v) is 1.02. The molecular formula is C9H18ClNO. The van der Waals surface area contributed by atoms with E-state index < -0.39 is 0 Å². The van der Waals surface area contributed by atoms with E-state index in [1.807, 2.05) is 12.2 Å². The van der Waals surface area contributed by atoms with Gasteiger partial charge in [0, 0.05) is 25.1 Å². The molecule has 0 heterocycles. The van der Waals surface area contributed by atoms with E-state index in [2.05, 4.69) is 19.2 Å². The van der Waals surface area contributed by atoms with Crippen molar-refractivity contribution in [3.05, 3.63) is 12.2 Å². The molecule has 0 aliphatic heterocycles. The standard InChI is InChI=1S/C9H18ClNO/c1-9(2,8-12-3)11-7-5-4-6-10/h4-5,11H,6-8H2,1-3H3/b5-4+. The van der Waals surface area contributed by atoms with Crippen LogP contribution in [0, 0.1) is 0 Å². The van der Waals surface area contributed by atoms with Crippen LogP contribution < -0.4 is 5.32 Å². The van der Waals surface area contributed by atoms with Crippen molar-refractivity contribution in [1.82, 2.24) is 5.32 Å². The number of allylic oxidation sites excluding steroid dienone is 1. The molecule has 12 heavy (non-hydrogen) atoms. The summed E-state index contributed by atoms with van der Waals surface area (Å²) in [7, 11) is 1.71. The summed E-state index contributed by atoms with van der Waals surface area (Å²) in [5.41, 5.74) is 0.0331. The second-order valence-corrected chi connectivity index (χ2v) is 3.63. The quantitative estimate of drug-likeness (QED) is 0.511. The molecule has 0 fully saturated rings. The van der Waals surface area contributed by atoms with E-state index in [9.17, 15) is 0 Å². The van der Waals surface area contributed by atoms with Gasteiger partial charge in [-0.25, -0.2) is 0 Å². The van der Waals surface area contributed by atoms with Gasteiger partial charge in [0.2, 0.25) is 0 Å². The summed E-state index contributed by atoms with van der Waals surface area (Å²) in [6.45, 7) is 5.75. The Morgan fingerprint density at radius 3 is 2.58 bits per heavy atom. The van der Waals surface area contributed by atoms with E-state index >= 15 is 0 Å². The third kappa shape index (κ3) is 6.65. The highest BCUT2D eigenvalue weighted by atomic mass is 35.5.